The van der Waals surface area contributed by atoms with Gasteiger partial charge in [-0.25, -0.2) is 14.0 Å². The number of methoxy groups -OCH3 is 1. The van der Waals surface area contributed by atoms with Gasteiger partial charge in [0.25, 0.3) is 5.56 Å². The van der Waals surface area contributed by atoms with E-state index in [9.17, 15) is 23.6 Å². The minimum atomic E-state index is -0.713. The molecule has 1 saturated heterocycles. The van der Waals surface area contributed by atoms with Crippen molar-refractivity contribution in [3.63, 3.8) is 0 Å². The summed E-state index contributed by atoms with van der Waals surface area (Å²) in [5.41, 5.74) is 6.27. The van der Waals surface area contributed by atoms with E-state index < -0.39 is 23.1 Å². The van der Waals surface area contributed by atoms with Crippen LogP contribution in [0, 0.1) is 5.82 Å². The zero-order chi connectivity index (χ0) is 30.8. The van der Waals surface area contributed by atoms with E-state index in [1.165, 1.54) is 24.4 Å². The molecule has 228 valence electrons. The van der Waals surface area contributed by atoms with Crippen LogP contribution in [-0.2, 0) is 17.8 Å². The summed E-state index contributed by atoms with van der Waals surface area (Å²) < 4.78 is 21.7. The number of aromatic nitrogens is 2. The molecule has 3 heterocycles. The number of fused-ring (bicyclic) bond motifs is 1. The lowest BCUT2D eigenvalue weighted by atomic mass is 10.0. The first-order chi connectivity index (χ1) is 20.6. The predicted octanol–water partition coefficient (Wildman–Crippen LogP) is 3.08. The molecule has 5 rings (SSSR count). The van der Waals surface area contributed by atoms with Crippen LogP contribution in [0.3, 0.4) is 0 Å². The molecule has 0 bridgehead atoms. The Hall–Kier alpha value is -4.16. The summed E-state index contributed by atoms with van der Waals surface area (Å²) in [5.74, 6) is -0.302. The maximum atomic E-state index is 14.2. The molecule has 1 fully saturated rings. The van der Waals surface area contributed by atoms with E-state index in [0.29, 0.717) is 38.9 Å². The lowest BCUT2D eigenvalue weighted by molar-refractivity contribution is -0.133. The Morgan fingerprint density at radius 2 is 1.88 bits per heavy atom. The number of ether oxygens (including phenoxy) is 1. The molecule has 3 aromatic rings. The van der Waals surface area contributed by atoms with Gasteiger partial charge in [-0.3, -0.25) is 18.7 Å². The first kappa shape index (κ1) is 30.3. The van der Waals surface area contributed by atoms with Gasteiger partial charge in [-0.15, -0.1) is 0 Å². The number of amides is 3. The smallest absolute Gasteiger partial charge is 0.331 e. The van der Waals surface area contributed by atoms with Crippen molar-refractivity contribution in [1.29, 1.82) is 0 Å². The predicted molar refractivity (Wildman–Crippen MR) is 161 cm³/mol. The monoisotopic (exact) mass is 612 g/mol. The van der Waals surface area contributed by atoms with E-state index in [2.05, 4.69) is 5.32 Å². The molecule has 3 N–H and O–H groups in total. The van der Waals surface area contributed by atoms with Gasteiger partial charge in [0.05, 0.1) is 23.7 Å². The van der Waals surface area contributed by atoms with Crippen molar-refractivity contribution in [3.05, 3.63) is 79.8 Å². The van der Waals surface area contributed by atoms with Gasteiger partial charge in [0.2, 0.25) is 5.91 Å². The van der Waals surface area contributed by atoms with Crippen LogP contribution in [0.1, 0.15) is 31.4 Å². The molecule has 43 heavy (non-hydrogen) atoms. The number of halogens is 2. The summed E-state index contributed by atoms with van der Waals surface area (Å²) in [7, 11) is 1.60. The molecule has 2 aliphatic rings. The molecule has 13 heteroatoms. The summed E-state index contributed by atoms with van der Waals surface area (Å²) in [5, 5.41) is 2.73. The van der Waals surface area contributed by atoms with Crippen LogP contribution in [0.4, 0.5) is 14.9 Å². The fraction of sp³-hybridized carbons (Fsp3) is 0.400. The van der Waals surface area contributed by atoms with Crippen molar-refractivity contribution in [2.45, 2.75) is 44.8 Å². The fourth-order valence-electron chi connectivity index (χ4n) is 5.70. The highest BCUT2D eigenvalue weighted by Gasteiger charge is 2.32. The Balaban J connectivity index is 1.32. The van der Waals surface area contributed by atoms with Crippen LogP contribution in [0.2, 0.25) is 5.02 Å². The second kappa shape index (κ2) is 12.6. The van der Waals surface area contributed by atoms with Gasteiger partial charge >= 0.3 is 11.7 Å². The standard InChI is InChI=1S/C30H34ClFN6O5/c1-18(15-33)38-28(40)23(22-4-3-5-24(32)27(22)31)16-36(30(38)42)17-26(39)35-11-9-20(10-12-35)37-13-8-19-14-21(43-2)6-7-25(19)34-29(37)41/h3-7,14,16,18,20H,8-13,15,17,33H2,1-2H3,(H,34,41). The van der Waals surface area contributed by atoms with E-state index >= 15 is 0 Å². The molecular weight excluding hydrogens is 579 g/mol. The summed E-state index contributed by atoms with van der Waals surface area (Å²) in [6.07, 6.45) is 3.06. The highest BCUT2D eigenvalue weighted by atomic mass is 35.5. The Morgan fingerprint density at radius 3 is 2.58 bits per heavy atom. The van der Waals surface area contributed by atoms with E-state index in [1.54, 1.807) is 18.9 Å². The highest BCUT2D eigenvalue weighted by molar-refractivity contribution is 6.33. The second-order valence-corrected chi connectivity index (χ2v) is 11.2. The number of piperidine rings is 1. The van der Waals surface area contributed by atoms with Gasteiger partial charge in [0, 0.05) is 49.7 Å². The lowest BCUT2D eigenvalue weighted by Gasteiger charge is -2.38. The van der Waals surface area contributed by atoms with Crippen molar-refractivity contribution in [1.82, 2.24) is 18.9 Å². The number of carbonyl (C=O) groups excluding carboxylic acids is 2. The zero-order valence-corrected chi connectivity index (χ0v) is 24.8. The Bertz CT molecular complexity index is 1670. The Kier molecular flexibility index (Phi) is 8.88. The third kappa shape index (κ3) is 6.02. The number of nitrogens with zero attached hydrogens (tertiary/aromatic N) is 4. The third-order valence-electron chi connectivity index (χ3n) is 8.21. The maximum absolute atomic E-state index is 14.2. The van der Waals surface area contributed by atoms with E-state index in [1.807, 2.05) is 23.1 Å². The highest BCUT2D eigenvalue weighted by Crippen LogP contribution is 2.29. The van der Waals surface area contributed by atoms with Crippen LogP contribution in [0.15, 0.2) is 52.2 Å². The molecular formula is C30H34ClFN6O5. The summed E-state index contributed by atoms with van der Waals surface area (Å²) >= 11 is 6.17. The number of nitrogens with one attached hydrogen (secondary N) is 1. The van der Waals surface area contributed by atoms with Crippen LogP contribution in [0.5, 0.6) is 5.75 Å². The van der Waals surface area contributed by atoms with E-state index in [0.717, 1.165) is 26.1 Å². The molecule has 11 nitrogen and oxygen atoms in total. The van der Waals surface area contributed by atoms with Gasteiger partial charge in [0.1, 0.15) is 18.1 Å². The van der Waals surface area contributed by atoms with Gasteiger partial charge in [0.15, 0.2) is 0 Å². The van der Waals surface area contributed by atoms with E-state index in [4.69, 9.17) is 22.1 Å². The zero-order valence-electron chi connectivity index (χ0n) is 24.0. The number of hydrogen-bond acceptors (Lipinski definition) is 6. The number of anilines is 1. The van der Waals surface area contributed by atoms with Crippen LogP contribution < -0.4 is 27.0 Å². The topological polar surface area (TPSA) is 132 Å². The number of nitrogens with two attached hydrogens (primary N) is 1. The van der Waals surface area contributed by atoms with Gasteiger partial charge < -0.3 is 25.6 Å². The normalized spacial score (nSPS) is 16.3. The Labute approximate surface area is 252 Å². The van der Waals surface area contributed by atoms with Crippen molar-refractivity contribution in [2.75, 3.05) is 38.6 Å². The van der Waals surface area contributed by atoms with Gasteiger partial charge in [-0.05, 0) is 56.0 Å². The summed E-state index contributed by atoms with van der Waals surface area (Å²) in [4.78, 5) is 56.6. The molecule has 2 aliphatic heterocycles. The molecule has 0 aliphatic carbocycles. The SMILES string of the molecule is COc1ccc2c(c1)CCN(C1CCN(C(=O)Cn3cc(-c4cccc(F)c4Cl)c(=O)n(C(C)CN)c3=O)CC1)C(=O)N2. The average molecular weight is 613 g/mol. The molecule has 3 amide bonds. The number of likely N-dealkylation sites (tertiary alicyclic amines) is 1. The number of benzene rings is 2. The van der Waals surface area contributed by atoms with Crippen LogP contribution in [-0.4, -0.2) is 70.2 Å². The fourth-order valence-corrected chi connectivity index (χ4v) is 5.93. The number of carbonyl (C=O) groups is 2. The molecule has 0 radical (unpaired) electrons. The first-order valence-electron chi connectivity index (χ1n) is 14.2. The van der Waals surface area contributed by atoms with Crippen LogP contribution >= 0.6 is 11.6 Å². The largest absolute Gasteiger partial charge is 0.497 e. The quantitative estimate of drug-likeness (QED) is 0.422. The minimum Gasteiger partial charge on any atom is -0.497 e. The molecule has 1 unspecified atom stereocenters. The van der Waals surface area contributed by atoms with Gasteiger partial charge in [-0.2, -0.15) is 0 Å². The van der Waals surface area contributed by atoms with Crippen LogP contribution in [0.25, 0.3) is 11.1 Å². The van der Waals surface area contributed by atoms with Crippen molar-refractivity contribution in [2.24, 2.45) is 5.73 Å². The van der Waals surface area contributed by atoms with Crippen molar-refractivity contribution >= 4 is 29.2 Å². The van der Waals surface area contributed by atoms with Crippen molar-refractivity contribution in [3.8, 4) is 16.9 Å². The lowest BCUT2D eigenvalue weighted by Crippen LogP contribution is -2.51. The summed E-state index contributed by atoms with van der Waals surface area (Å²) in [6, 6.07) is 8.72. The van der Waals surface area contributed by atoms with E-state index in [-0.39, 0.29) is 47.2 Å². The first-order valence-corrected chi connectivity index (χ1v) is 14.5. The van der Waals surface area contributed by atoms with Gasteiger partial charge in [-0.1, -0.05) is 23.7 Å². The number of rotatable bonds is 7. The molecule has 0 saturated carbocycles. The number of urea groups is 1. The third-order valence-corrected chi connectivity index (χ3v) is 8.59. The Morgan fingerprint density at radius 1 is 1.14 bits per heavy atom. The molecule has 2 aromatic carbocycles. The molecule has 0 spiro atoms. The van der Waals surface area contributed by atoms with Crippen molar-refractivity contribution < 1.29 is 18.7 Å². The number of hydrogen-bond donors (Lipinski definition) is 2. The minimum absolute atomic E-state index is 0.000351. The average Bonchev–Trinajstić information content (AvgIpc) is 3.17. The second-order valence-electron chi connectivity index (χ2n) is 10.8. The molecule has 1 atom stereocenters. The summed E-state index contributed by atoms with van der Waals surface area (Å²) in [6.45, 7) is 2.60. The maximum Gasteiger partial charge on any atom is 0.331 e. The molecule has 1 aromatic heterocycles.